The molecule has 0 bridgehead atoms. The van der Waals surface area contributed by atoms with Crippen molar-refractivity contribution in [1.82, 2.24) is 4.98 Å². The highest BCUT2D eigenvalue weighted by atomic mass is 32.1. The van der Waals surface area contributed by atoms with Crippen molar-refractivity contribution in [3.8, 4) is 0 Å². The Balaban J connectivity index is 2.11. The Morgan fingerprint density at radius 2 is 2.43 bits per heavy atom. The SMILES string of the molecule is CC(=O)c1cnc(C(O)C2CCC2)s1. The Bertz CT molecular complexity index is 344. The number of hydrogen-bond acceptors (Lipinski definition) is 4. The van der Waals surface area contributed by atoms with E-state index in [4.69, 9.17) is 0 Å². The van der Waals surface area contributed by atoms with Crippen LogP contribution in [0.3, 0.4) is 0 Å². The molecule has 1 aromatic heterocycles. The lowest BCUT2D eigenvalue weighted by Crippen LogP contribution is -2.19. The van der Waals surface area contributed by atoms with Gasteiger partial charge >= 0.3 is 0 Å². The molecular weight excluding hydrogens is 198 g/mol. The predicted octanol–water partition coefficient (Wildman–Crippen LogP) is 2.18. The first-order chi connectivity index (χ1) is 6.68. The highest BCUT2D eigenvalue weighted by Gasteiger charge is 2.28. The molecular formula is C10H13NO2S. The van der Waals surface area contributed by atoms with Crippen LogP contribution in [0, 0.1) is 5.92 Å². The number of ketones is 1. The van der Waals surface area contributed by atoms with Crippen molar-refractivity contribution in [1.29, 1.82) is 0 Å². The summed E-state index contributed by atoms with van der Waals surface area (Å²) < 4.78 is 0. The topological polar surface area (TPSA) is 50.2 Å². The van der Waals surface area contributed by atoms with Gasteiger partial charge in [0.2, 0.25) is 0 Å². The molecule has 1 aliphatic rings. The summed E-state index contributed by atoms with van der Waals surface area (Å²) in [5.74, 6) is 0.385. The fraction of sp³-hybridized carbons (Fsp3) is 0.600. The summed E-state index contributed by atoms with van der Waals surface area (Å²) in [7, 11) is 0. The molecule has 0 aliphatic heterocycles. The van der Waals surface area contributed by atoms with Gasteiger partial charge in [-0.2, -0.15) is 0 Å². The Morgan fingerprint density at radius 3 is 2.86 bits per heavy atom. The molecule has 2 rings (SSSR count). The van der Waals surface area contributed by atoms with E-state index < -0.39 is 6.10 Å². The lowest BCUT2D eigenvalue weighted by molar-refractivity contribution is 0.0619. The summed E-state index contributed by atoms with van der Waals surface area (Å²) in [5.41, 5.74) is 0. The van der Waals surface area contributed by atoms with Gasteiger partial charge in [0.15, 0.2) is 5.78 Å². The fourth-order valence-corrected chi connectivity index (χ4v) is 2.44. The smallest absolute Gasteiger partial charge is 0.171 e. The molecule has 0 amide bonds. The molecule has 1 N–H and O–H groups in total. The maximum atomic E-state index is 11.0. The second kappa shape index (κ2) is 3.79. The van der Waals surface area contributed by atoms with Crippen molar-refractivity contribution in [2.75, 3.05) is 0 Å². The Hall–Kier alpha value is -0.740. The Labute approximate surface area is 86.8 Å². The molecule has 0 aromatic carbocycles. The number of carbonyl (C=O) groups excluding carboxylic acids is 1. The van der Waals surface area contributed by atoms with Crippen LogP contribution < -0.4 is 0 Å². The van der Waals surface area contributed by atoms with Gasteiger partial charge in [0, 0.05) is 13.1 Å². The molecule has 1 heterocycles. The van der Waals surface area contributed by atoms with Crippen LogP contribution >= 0.6 is 11.3 Å². The molecule has 1 unspecified atom stereocenters. The standard InChI is InChI=1S/C10H13NO2S/c1-6(12)8-5-11-10(14-8)9(13)7-3-2-4-7/h5,7,9,13H,2-4H2,1H3. The number of nitrogens with zero attached hydrogens (tertiary/aromatic N) is 1. The molecule has 14 heavy (non-hydrogen) atoms. The van der Waals surface area contributed by atoms with Crippen LogP contribution in [-0.4, -0.2) is 15.9 Å². The number of Topliss-reactive ketones (excluding diaryl/α,β-unsaturated/α-hetero) is 1. The van der Waals surface area contributed by atoms with Gasteiger partial charge in [-0.05, 0) is 18.8 Å². The fourth-order valence-electron chi connectivity index (χ4n) is 1.54. The van der Waals surface area contributed by atoms with Gasteiger partial charge in [0.05, 0.1) is 4.88 Å². The van der Waals surface area contributed by atoms with Crippen LogP contribution in [0.25, 0.3) is 0 Å². The number of rotatable bonds is 3. The first-order valence-electron chi connectivity index (χ1n) is 4.83. The average Bonchev–Trinajstić information content (AvgIpc) is 2.48. The van der Waals surface area contributed by atoms with Crippen molar-refractivity contribution in [2.45, 2.75) is 32.3 Å². The van der Waals surface area contributed by atoms with Gasteiger partial charge in [-0.25, -0.2) is 4.98 Å². The molecule has 1 fully saturated rings. The quantitative estimate of drug-likeness (QED) is 0.779. The molecule has 0 spiro atoms. The minimum absolute atomic E-state index is 0.0227. The van der Waals surface area contributed by atoms with Crippen LogP contribution in [0.4, 0.5) is 0 Å². The number of aliphatic hydroxyl groups excluding tert-OH is 1. The highest BCUT2D eigenvalue weighted by Crippen LogP contribution is 2.38. The van der Waals surface area contributed by atoms with Crippen LogP contribution in [0.5, 0.6) is 0 Å². The van der Waals surface area contributed by atoms with E-state index in [1.807, 2.05) is 0 Å². The van der Waals surface area contributed by atoms with Crippen molar-refractivity contribution >= 4 is 17.1 Å². The van der Waals surface area contributed by atoms with Crippen LogP contribution in [0.1, 0.15) is 47.0 Å². The minimum atomic E-state index is -0.457. The van der Waals surface area contributed by atoms with Crippen LogP contribution in [0.2, 0.25) is 0 Å². The van der Waals surface area contributed by atoms with Crippen molar-refractivity contribution in [2.24, 2.45) is 5.92 Å². The molecule has 1 saturated carbocycles. The van der Waals surface area contributed by atoms with E-state index in [9.17, 15) is 9.90 Å². The van der Waals surface area contributed by atoms with E-state index >= 15 is 0 Å². The Morgan fingerprint density at radius 1 is 1.71 bits per heavy atom. The second-order valence-electron chi connectivity index (χ2n) is 3.75. The zero-order valence-corrected chi connectivity index (χ0v) is 8.88. The normalized spacial score (nSPS) is 19.0. The van der Waals surface area contributed by atoms with E-state index in [0.717, 1.165) is 12.8 Å². The predicted molar refractivity (Wildman–Crippen MR) is 54.4 cm³/mol. The number of aromatic nitrogens is 1. The Kier molecular flexibility index (Phi) is 2.65. The third-order valence-electron chi connectivity index (χ3n) is 2.72. The lowest BCUT2D eigenvalue weighted by atomic mass is 9.81. The first-order valence-corrected chi connectivity index (χ1v) is 5.65. The van der Waals surface area contributed by atoms with Crippen molar-refractivity contribution in [3.05, 3.63) is 16.1 Å². The minimum Gasteiger partial charge on any atom is -0.386 e. The number of hydrogen-bond donors (Lipinski definition) is 1. The molecule has 1 aromatic rings. The van der Waals surface area contributed by atoms with E-state index in [-0.39, 0.29) is 5.78 Å². The van der Waals surface area contributed by atoms with Crippen molar-refractivity contribution in [3.63, 3.8) is 0 Å². The third kappa shape index (κ3) is 1.72. The number of carbonyl (C=O) groups is 1. The summed E-state index contributed by atoms with van der Waals surface area (Å²) in [5, 5.41) is 10.6. The van der Waals surface area contributed by atoms with E-state index in [1.165, 1.54) is 24.7 Å². The molecule has 3 nitrogen and oxygen atoms in total. The molecule has 76 valence electrons. The largest absolute Gasteiger partial charge is 0.386 e. The van der Waals surface area contributed by atoms with E-state index in [2.05, 4.69) is 4.98 Å². The van der Waals surface area contributed by atoms with Gasteiger partial charge in [-0.1, -0.05) is 6.42 Å². The van der Waals surface area contributed by atoms with Gasteiger partial charge in [-0.15, -0.1) is 11.3 Å². The monoisotopic (exact) mass is 211 g/mol. The molecule has 1 atom stereocenters. The third-order valence-corrected chi connectivity index (χ3v) is 3.89. The number of aliphatic hydroxyl groups is 1. The summed E-state index contributed by atoms with van der Waals surface area (Å²) >= 11 is 1.32. The van der Waals surface area contributed by atoms with E-state index in [0.29, 0.717) is 15.8 Å². The van der Waals surface area contributed by atoms with Crippen molar-refractivity contribution < 1.29 is 9.90 Å². The summed E-state index contributed by atoms with van der Waals surface area (Å²) in [6.07, 6.45) is 4.46. The molecule has 1 aliphatic carbocycles. The first kappa shape index (κ1) is 9.80. The maximum absolute atomic E-state index is 11.0. The summed E-state index contributed by atoms with van der Waals surface area (Å²) in [6.45, 7) is 1.52. The van der Waals surface area contributed by atoms with Crippen LogP contribution in [0.15, 0.2) is 6.20 Å². The lowest BCUT2D eigenvalue weighted by Gasteiger charge is -2.28. The maximum Gasteiger partial charge on any atom is 0.171 e. The number of thiazole rings is 1. The van der Waals surface area contributed by atoms with Gasteiger partial charge in [-0.3, -0.25) is 4.79 Å². The summed E-state index contributed by atoms with van der Waals surface area (Å²) in [6, 6.07) is 0. The summed E-state index contributed by atoms with van der Waals surface area (Å²) in [4.78, 5) is 15.7. The molecule has 0 radical (unpaired) electrons. The van der Waals surface area contributed by atoms with Gasteiger partial charge in [0.25, 0.3) is 0 Å². The zero-order valence-electron chi connectivity index (χ0n) is 8.06. The zero-order chi connectivity index (χ0) is 10.1. The average molecular weight is 211 g/mol. The van der Waals surface area contributed by atoms with Crippen LogP contribution in [-0.2, 0) is 0 Å². The van der Waals surface area contributed by atoms with Gasteiger partial charge < -0.3 is 5.11 Å². The second-order valence-corrected chi connectivity index (χ2v) is 4.82. The molecule has 0 saturated heterocycles. The molecule has 4 heteroatoms. The van der Waals surface area contributed by atoms with E-state index in [1.54, 1.807) is 6.20 Å². The highest BCUT2D eigenvalue weighted by molar-refractivity contribution is 7.13. The van der Waals surface area contributed by atoms with Gasteiger partial charge in [0.1, 0.15) is 11.1 Å².